The highest BCUT2D eigenvalue weighted by Crippen LogP contribution is 2.29. The summed E-state index contributed by atoms with van der Waals surface area (Å²) in [6.07, 6.45) is 0.331. The largest absolute Gasteiger partial charge is 0.493 e. The number of carbonyl (C=O) groups excluding carboxylic acids is 2. The van der Waals surface area contributed by atoms with E-state index in [2.05, 4.69) is 10.6 Å². The van der Waals surface area contributed by atoms with E-state index in [4.69, 9.17) is 14.2 Å². The van der Waals surface area contributed by atoms with Crippen molar-refractivity contribution in [3.05, 3.63) is 48.0 Å². The van der Waals surface area contributed by atoms with Crippen LogP contribution in [0.3, 0.4) is 0 Å². The molecule has 29 heavy (non-hydrogen) atoms. The monoisotopic (exact) mass is 399 g/mol. The SMILES string of the molecule is COc1ccc(NC(=O)Nc2ccc(CC(=O)N3CCOCC3)cc2)cc1OC. The van der Waals surface area contributed by atoms with E-state index in [1.54, 1.807) is 37.4 Å². The smallest absolute Gasteiger partial charge is 0.323 e. The van der Waals surface area contributed by atoms with Crippen molar-refractivity contribution in [2.45, 2.75) is 6.42 Å². The molecule has 2 N–H and O–H groups in total. The molecule has 0 bridgehead atoms. The first-order chi connectivity index (χ1) is 14.1. The van der Waals surface area contributed by atoms with Gasteiger partial charge in [-0.1, -0.05) is 12.1 Å². The van der Waals surface area contributed by atoms with Crippen molar-refractivity contribution < 1.29 is 23.8 Å². The Morgan fingerprint density at radius 1 is 0.931 bits per heavy atom. The fraction of sp³-hybridized carbons (Fsp3) is 0.333. The predicted octanol–water partition coefficient (Wildman–Crippen LogP) is 2.75. The molecule has 2 aromatic rings. The molecule has 0 spiro atoms. The van der Waals surface area contributed by atoms with Gasteiger partial charge in [0.15, 0.2) is 11.5 Å². The molecule has 0 atom stereocenters. The van der Waals surface area contributed by atoms with Crippen molar-refractivity contribution in [3.63, 3.8) is 0 Å². The van der Waals surface area contributed by atoms with Crippen molar-refractivity contribution in [3.8, 4) is 11.5 Å². The number of benzene rings is 2. The standard InChI is InChI=1S/C21H25N3O5/c1-27-18-8-7-17(14-19(18)28-2)23-21(26)22-16-5-3-15(4-6-16)13-20(25)24-9-11-29-12-10-24/h3-8,14H,9-13H2,1-2H3,(H2,22,23,26). The van der Waals surface area contributed by atoms with Crippen LogP contribution in [-0.2, 0) is 16.0 Å². The van der Waals surface area contributed by atoms with Crippen LogP contribution in [0.5, 0.6) is 11.5 Å². The zero-order valence-corrected chi connectivity index (χ0v) is 16.6. The van der Waals surface area contributed by atoms with Gasteiger partial charge in [0.2, 0.25) is 5.91 Å². The Hall–Kier alpha value is -3.26. The molecule has 0 aliphatic carbocycles. The molecule has 1 fully saturated rings. The quantitative estimate of drug-likeness (QED) is 0.780. The number of urea groups is 1. The van der Waals surface area contributed by atoms with Crippen molar-refractivity contribution in [2.24, 2.45) is 0 Å². The molecule has 0 radical (unpaired) electrons. The molecule has 0 unspecified atom stereocenters. The highest BCUT2D eigenvalue weighted by atomic mass is 16.5. The van der Waals surface area contributed by atoms with Crippen LogP contribution in [0.1, 0.15) is 5.56 Å². The van der Waals surface area contributed by atoms with E-state index in [0.717, 1.165) is 5.56 Å². The number of hydrogen-bond acceptors (Lipinski definition) is 5. The number of carbonyl (C=O) groups is 2. The van der Waals surface area contributed by atoms with Crippen LogP contribution in [0.2, 0.25) is 0 Å². The summed E-state index contributed by atoms with van der Waals surface area (Å²) >= 11 is 0. The first-order valence-corrected chi connectivity index (χ1v) is 9.33. The second-order valence-corrected chi connectivity index (χ2v) is 6.52. The highest BCUT2D eigenvalue weighted by molar-refractivity contribution is 6.00. The van der Waals surface area contributed by atoms with Crippen molar-refractivity contribution in [1.82, 2.24) is 4.90 Å². The Labute approximate surface area is 169 Å². The fourth-order valence-corrected chi connectivity index (χ4v) is 3.01. The average molecular weight is 399 g/mol. The van der Waals surface area contributed by atoms with Crippen LogP contribution in [0.25, 0.3) is 0 Å². The summed E-state index contributed by atoms with van der Waals surface area (Å²) in [4.78, 5) is 26.4. The van der Waals surface area contributed by atoms with Gasteiger partial charge in [0, 0.05) is 30.5 Å². The lowest BCUT2D eigenvalue weighted by Crippen LogP contribution is -2.41. The molecule has 8 heteroatoms. The van der Waals surface area contributed by atoms with Gasteiger partial charge in [0.1, 0.15) is 0 Å². The Kier molecular flexibility index (Phi) is 6.91. The third-order valence-electron chi connectivity index (χ3n) is 4.57. The number of anilines is 2. The average Bonchev–Trinajstić information content (AvgIpc) is 2.75. The summed E-state index contributed by atoms with van der Waals surface area (Å²) in [5.41, 5.74) is 2.10. The van der Waals surface area contributed by atoms with Gasteiger partial charge in [0.25, 0.3) is 0 Å². The lowest BCUT2D eigenvalue weighted by atomic mass is 10.1. The minimum Gasteiger partial charge on any atom is -0.493 e. The summed E-state index contributed by atoms with van der Waals surface area (Å²) in [5.74, 6) is 1.19. The summed E-state index contributed by atoms with van der Waals surface area (Å²) in [6.45, 7) is 2.44. The molecule has 8 nitrogen and oxygen atoms in total. The summed E-state index contributed by atoms with van der Waals surface area (Å²) < 4.78 is 15.7. The van der Waals surface area contributed by atoms with Crippen LogP contribution in [0, 0.1) is 0 Å². The van der Waals surface area contributed by atoms with Crippen LogP contribution in [-0.4, -0.2) is 57.4 Å². The van der Waals surface area contributed by atoms with Gasteiger partial charge in [0.05, 0.1) is 33.9 Å². The molecule has 1 aliphatic heterocycles. The molecular formula is C21H25N3O5. The van der Waals surface area contributed by atoms with Gasteiger partial charge in [-0.3, -0.25) is 4.79 Å². The van der Waals surface area contributed by atoms with E-state index >= 15 is 0 Å². The summed E-state index contributed by atoms with van der Waals surface area (Å²) in [6, 6.07) is 12.0. The van der Waals surface area contributed by atoms with Crippen molar-refractivity contribution in [1.29, 1.82) is 0 Å². The first kappa shape index (κ1) is 20.5. The third-order valence-corrected chi connectivity index (χ3v) is 4.57. The second kappa shape index (κ2) is 9.79. The van der Waals surface area contributed by atoms with E-state index in [-0.39, 0.29) is 11.9 Å². The fourth-order valence-electron chi connectivity index (χ4n) is 3.01. The first-order valence-electron chi connectivity index (χ1n) is 9.33. The normalized spacial score (nSPS) is 13.5. The van der Waals surface area contributed by atoms with E-state index in [1.165, 1.54) is 7.11 Å². The Bertz CT molecular complexity index is 848. The number of morpholine rings is 1. The highest BCUT2D eigenvalue weighted by Gasteiger charge is 2.17. The zero-order chi connectivity index (χ0) is 20.6. The number of nitrogens with one attached hydrogen (secondary N) is 2. The third kappa shape index (κ3) is 5.61. The van der Waals surface area contributed by atoms with Gasteiger partial charge in [-0.15, -0.1) is 0 Å². The Balaban J connectivity index is 1.53. The van der Waals surface area contributed by atoms with Crippen LogP contribution in [0.4, 0.5) is 16.2 Å². The molecule has 0 aromatic heterocycles. The predicted molar refractivity (Wildman–Crippen MR) is 110 cm³/mol. The molecule has 1 heterocycles. The molecule has 3 amide bonds. The van der Waals surface area contributed by atoms with Crippen LogP contribution >= 0.6 is 0 Å². The maximum absolute atomic E-state index is 12.3. The lowest BCUT2D eigenvalue weighted by molar-refractivity contribution is -0.134. The van der Waals surface area contributed by atoms with E-state index in [9.17, 15) is 9.59 Å². The number of nitrogens with zero attached hydrogens (tertiary/aromatic N) is 1. The van der Waals surface area contributed by atoms with Crippen molar-refractivity contribution in [2.75, 3.05) is 51.2 Å². The minimum atomic E-state index is -0.380. The molecule has 1 saturated heterocycles. The van der Waals surface area contributed by atoms with Gasteiger partial charge >= 0.3 is 6.03 Å². The van der Waals surface area contributed by atoms with Gasteiger partial charge < -0.3 is 29.7 Å². The molecule has 2 aromatic carbocycles. The number of ether oxygens (including phenoxy) is 3. The maximum Gasteiger partial charge on any atom is 0.323 e. The number of rotatable bonds is 6. The number of hydrogen-bond donors (Lipinski definition) is 2. The zero-order valence-electron chi connectivity index (χ0n) is 16.6. The molecular weight excluding hydrogens is 374 g/mol. The summed E-state index contributed by atoms with van der Waals surface area (Å²) in [7, 11) is 3.09. The molecule has 3 rings (SSSR count). The van der Waals surface area contributed by atoms with E-state index in [0.29, 0.717) is 55.6 Å². The van der Waals surface area contributed by atoms with Gasteiger partial charge in [-0.25, -0.2) is 4.79 Å². The number of methoxy groups -OCH3 is 2. The minimum absolute atomic E-state index is 0.0835. The molecule has 154 valence electrons. The molecule has 1 aliphatic rings. The molecule has 0 saturated carbocycles. The van der Waals surface area contributed by atoms with Gasteiger partial charge in [-0.2, -0.15) is 0 Å². The Morgan fingerprint density at radius 2 is 1.55 bits per heavy atom. The van der Waals surface area contributed by atoms with E-state index in [1.807, 2.05) is 17.0 Å². The summed E-state index contributed by atoms with van der Waals surface area (Å²) in [5, 5.41) is 5.51. The Morgan fingerprint density at radius 3 is 2.21 bits per heavy atom. The van der Waals surface area contributed by atoms with Crippen molar-refractivity contribution >= 4 is 23.3 Å². The lowest BCUT2D eigenvalue weighted by Gasteiger charge is -2.26. The maximum atomic E-state index is 12.3. The van der Waals surface area contributed by atoms with Crippen LogP contribution in [0.15, 0.2) is 42.5 Å². The van der Waals surface area contributed by atoms with Crippen LogP contribution < -0.4 is 20.1 Å². The van der Waals surface area contributed by atoms with E-state index < -0.39 is 0 Å². The topological polar surface area (TPSA) is 89.1 Å². The number of amides is 3. The second-order valence-electron chi connectivity index (χ2n) is 6.52. The van der Waals surface area contributed by atoms with Gasteiger partial charge in [-0.05, 0) is 29.8 Å².